The number of carbonyl (C=O) groups excluding carboxylic acids is 1. The van der Waals surface area contributed by atoms with Crippen LogP contribution in [0.15, 0.2) is 24.3 Å². The molecule has 94 valence electrons. The van der Waals surface area contributed by atoms with Crippen molar-refractivity contribution in [1.82, 2.24) is 4.98 Å². The fourth-order valence-corrected chi connectivity index (χ4v) is 2.45. The third kappa shape index (κ3) is 2.36. The lowest BCUT2D eigenvalue weighted by molar-refractivity contribution is 0.0601. The molecule has 2 rings (SSSR count). The van der Waals surface area contributed by atoms with Crippen LogP contribution in [-0.2, 0) is 4.74 Å². The van der Waals surface area contributed by atoms with E-state index in [-0.39, 0.29) is 5.97 Å². The van der Waals surface area contributed by atoms with Crippen molar-refractivity contribution < 1.29 is 14.3 Å². The molecule has 1 heterocycles. The fraction of sp³-hybridized carbons (Fsp3) is 0.231. The molecule has 1 aromatic carbocycles. The van der Waals surface area contributed by atoms with Crippen molar-refractivity contribution in [2.24, 2.45) is 0 Å². The molecule has 18 heavy (non-hydrogen) atoms. The maximum Gasteiger partial charge on any atom is 0.337 e. The number of hydrogen-bond donors (Lipinski definition) is 0. The number of carbonyl (C=O) groups is 1. The predicted molar refractivity (Wildman–Crippen MR) is 70.2 cm³/mol. The van der Waals surface area contributed by atoms with Gasteiger partial charge in [-0.25, -0.2) is 9.78 Å². The van der Waals surface area contributed by atoms with E-state index in [0.29, 0.717) is 11.4 Å². The van der Waals surface area contributed by atoms with E-state index in [9.17, 15) is 4.79 Å². The normalized spacial score (nSPS) is 10.2. The van der Waals surface area contributed by atoms with Gasteiger partial charge in [-0.2, -0.15) is 0 Å². The lowest BCUT2D eigenvalue weighted by atomic mass is 10.1. The Kier molecular flexibility index (Phi) is 3.62. The van der Waals surface area contributed by atoms with Crippen LogP contribution in [0.25, 0.3) is 10.6 Å². The molecule has 0 saturated carbocycles. The summed E-state index contributed by atoms with van der Waals surface area (Å²) in [5.41, 5.74) is 1.49. The molecule has 0 amide bonds. The molecule has 0 bridgehead atoms. The Morgan fingerprint density at radius 1 is 1.22 bits per heavy atom. The van der Waals surface area contributed by atoms with E-state index in [1.165, 1.54) is 7.11 Å². The van der Waals surface area contributed by atoms with Crippen molar-refractivity contribution in [3.05, 3.63) is 34.7 Å². The van der Waals surface area contributed by atoms with Gasteiger partial charge in [0.15, 0.2) is 0 Å². The zero-order valence-electron chi connectivity index (χ0n) is 10.4. The van der Waals surface area contributed by atoms with E-state index < -0.39 is 0 Å². The number of hydrogen-bond acceptors (Lipinski definition) is 5. The number of benzene rings is 1. The third-order valence-corrected chi connectivity index (χ3v) is 3.50. The fourth-order valence-electron chi connectivity index (χ4n) is 1.56. The third-order valence-electron chi connectivity index (χ3n) is 2.50. The Hall–Kier alpha value is -1.88. The molecule has 0 atom stereocenters. The lowest BCUT2D eigenvalue weighted by Crippen LogP contribution is -2.00. The summed E-state index contributed by atoms with van der Waals surface area (Å²) >= 11 is 1.56. The number of methoxy groups -OCH3 is 2. The summed E-state index contributed by atoms with van der Waals surface area (Å²) < 4.78 is 9.80. The highest BCUT2D eigenvalue weighted by Gasteiger charge is 2.10. The second-order valence-electron chi connectivity index (χ2n) is 3.65. The molecule has 0 spiro atoms. The first-order chi connectivity index (χ1) is 8.65. The molecule has 2 aromatic rings. The van der Waals surface area contributed by atoms with Gasteiger partial charge in [0.2, 0.25) is 5.88 Å². The molecule has 0 aliphatic rings. The first kappa shape index (κ1) is 12.6. The smallest absolute Gasteiger partial charge is 0.337 e. The summed E-state index contributed by atoms with van der Waals surface area (Å²) in [6.45, 7) is 1.96. The van der Waals surface area contributed by atoms with E-state index in [1.54, 1.807) is 30.6 Å². The van der Waals surface area contributed by atoms with Gasteiger partial charge >= 0.3 is 5.97 Å². The standard InChI is InChI=1S/C13H13NO3S/c1-8-11(16-2)14-12(18-8)9-4-6-10(7-5-9)13(15)17-3/h4-7H,1-3H3. The number of aromatic nitrogens is 1. The minimum Gasteiger partial charge on any atom is -0.480 e. The predicted octanol–water partition coefficient (Wildman–Crippen LogP) is 2.91. The zero-order valence-corrected chi connectivity index (χ0v) is 11.2. The highest BCUT2D eigenvalue weighted by molar-refractivity contribution is 7.15. The second-order valence-corrected chi connectivity index (χ2v) is 4.86. The van der Waals surface area contributed by atoms with Gasteiger partial charge < -0.3 is 9.47 Å². The van der Waals surface area contributed by atoms with Crippen LogP contribution in [0, 0.1) is 6.92 Å². The Labute approximate surface area is 109 Å². The Morgan fingerprint density at radius 3 is 2.39 bits per heavy atom. The van der Waals surface area contributed by atoms with E-state index in [1.807, 2.05) is 19.1 Å². The van der Waals surface area contributed by atoms with Gasteiger partial charge in [0.25, 0.3) is 0 Å². The number of thiazole rings is 1. The maximum atomic E-state index is 11.3. The van der Waals surface area contributed by atoms with Gasteiger partial charge in [-0.05, 0) is 19.1 Å². The van der Waals surface area contributed by atoms with Crippen molar-refractivity contribution in [2.75, 3.05) is 14.2 Å². The van der Waals surface area contributed by atoms with Gasteiger partial charge in [-0.15, -0.1) is 11.3 Å². The average Bonchev–Trinajstić information content (AvgIpc) is 2.79. The summed E-state index contributed by atoms with van der Waals surface area (Å²) in [5, 5.41) is 0.876. The van der Waals surface area contributed by atoms with E-state index in [4.69, 9.17) is 4.74 Å². The molecule has 0 saturated heterocycles. The Balaban J connectivity index is 2.31. The van der Waals surface area contributed by atoms with Crippen LogP contribution in [0.2, 0.25) is 0 Å². The van der Waals surface area contributed by atoms with Crippen LogP contribution in [0.3, 0.4) is 0 Å². The molecule has 4 nitrogen and oxygen atoms in total. The van der Waals surface area contributed by atoms with Crippen molar-refractivity contribution >= 4 is 17.3 Å². The number of esters is 1. The summed E-state index contributed by atoms with van der Waals surface area (Å²) in [6.07, 6.45) is 0. The molecule has 0 N–H and O–H groups in total. The summed E-state index contributed by atoms with van der Waals surface area (Å²) in [4.78, 5) is 16.7. The van der Waals surface area contributed by atoms with Crippen molar-refractivity contribution in [3.63, 3.8) is 0 Å². The molecule has 0 fully saturated rings. The highest BCUT2D eigenvalue weighted by atomic mass is 32.1. The summed E-state index contributed by atoms with van der Waals surface area (Å²) in [5.74, 6) is 0.307. The van der Waals surface area contributed by atoms with Crippen LogP contribution >= 0.6 is 11.3 Å². The number of aryl methyl sites for hydroxylation is 1. The van der Waals surface area contributed by atoms with Gasteiger partial charge in [-0.1, -0.05) is 12.1 Å². The molecule has 0 aliphatic heterocycles. The average molecular weight is 263 g/mol. The molecular formula is C13H13NO3S. The molecule has 1 aromatic heterocycles. The Bertz CT molecular complexity index is 560. The molecular weight excluding hydrogens is 250 g/mol. The number of nitrogens with zero attached hydrogens (tertiary/aromatic N) is 1. The monoisotopic (exact) mass is 263 g/mol. The van der Waals surface area contributed by atoms with Gasteiger partial charge in [0.1, 0.15) is 5.01 Å². The van der Waals surface area contributed by atoms with Crippen molar-refractivity contribution in [3.8, 4) is 16.5 Å². The lowest BCUT2D eigenvalue weighted by Gasteiger charge is -2.00. The number of ether oxygens (including phenoxy) is 2. The molecule has 0 radical (unpaired) electrons. The quantitative estimate of drug-likeness (QED) is 0.799. The zero-order chi connectivity index (χ0) is 13.1. The number of rotatable bonds is 3. The van der Waals surface area contributed by atoms with Crippen LogP contribution in [0.5, 0.6) is 5.88 Å². The minimum atomic E-state index is -0.338. The maximum absolute atomic E-state index is 11.3. The van der Waals surface area contributed by atoms with Crippen molar-refractivity contribution in [1.29, 1.82) is 0 Å². The van der Waals surface area contributed by atoms with Crippen LogP contribution in [-0.4, -0.2) is 25.2 Å². The molecule has 5 heteroatoms. The van der Waals surface area contributed by atoms with Crippen LogP contribution in [0.4, 0.5) is 0 Å². The first-order valence-electron chi connectivity index (χ1n) is 5.36. The van der Waals surface area contributed by atoms with Gasteiger partial charge in [0.05, 0.1) is 24.7 Å². The SMILES string of the molecule is COC(=O)c1ccc(-c2nc(OC)c(C)s2)cc1. The van der Waals surface area contributed by atoms with E-state index in [0.717, 1.165) is 15.4 Å². The summed E-state index contributed by atoms with van der Waals surface area (Å²) in [6, 6.07) is 7.16. The van der Waals surface area contributed by atoms with E-state index >= 15 is 0 Å². The summed E-state index contributed by atoms with van der Waals surface area (Å²) in [7, 11) is 2.97. The molecule has 0 unspecified atom stereocenters. The highest BCUT2D eigenvalue weighted by Crippen LogP contribution is 2.31. The van der Waals surface area contributed by atoms with Crippen LogP contribution < -0.4 is 4.74 Å². The second kappa shape index (κ2) is 5.18. The van der Waals surface area contributed by atoms with E-state index in [2.05, 4.69) is 9.72 Å². The topological polar surface area (TPSA) is 48.4 Å². The van der Waals surface area contributed by atoms with Gasteiger partial charge in [-0.3, -0.25) is 0 Å². The largest absolute Gasteiger partial charge is 0.480 e. The minimum absolute atomic E-state index is 0.338. The van der Waals surface area contributed by atoms with Gasteiger partial charge in [0, 0.05) is 5.56 Å². The first-order valence-corrected chi connectivity index (χ1v) is 6.17. The van der Waals surface area contributed by atoms with Crippen molar-refractivity contribution in [2.45, 2.75) is 6.92 Å². The molecule has 0 aliphatic carbocycles. The Morgan fingerprint density at radius 2 is 1.89 bits per heavy atom. The van der Waals surface area contributed by atoms with Crippen LogP contribution in [0.1, 0.15) is 15.2 Å².